The van der Waals surface area contributed by atoms with Crippen molar-refractivity contribution in [2.24, 2.45) is 0 Å². The fourth-order valence-electron chi connectivity index (χ4n) is 3.08. The number of hydrogen-bond donors (Lipinski definition) is 3. The number of amidine groups is 1. The molecule has 1 amide bonds. The number of likely N-dealkylation sites (tertiary alicyclic amines) is 1. The molecule has 1 aliphatic rings. The first-order valence-electron chi connectivity index (χ1n) is 8.57. The minimum absolute atomic E-state index is 0.00589. The van der Waals surface area contributed by atoms with Crippen LogP contribution in [0.5, 0.6) is 5.75 Å². The summed E-state index contributed by atoms with van der Waals surface area (Å²) in [5, 5.41) is 31.4. The van der Waals surface area contributed by atoms with E-state index in [1.54, 1.807) is 41.3 Å². The Balaban J connectivity index is 1.63. The van der Waals surface area contributed by atoms with Crippen molar-refractivity contribution in [3.8, 4) is 5.75 Å². The summed E-state index contributed by atoms with van der Waals surface area (Å²) in [6.45, 7) is 0.736. The van der Waals surface area contributed by atoms with Gasteiger partial charge in [0.2, 0.25) is 5.91 Å². The van der Waals surface area contributed by atoms with E-state index in [2.05, 4.69) is 5.32 Å². The second kappa shape index (κ2) is 7.86. The first-order chi connectivity index (χ1) is 12.9. The standard InChI is InChI=1S/C19H20N4O4/c20-19(21-11-13-3-7-16(24)8-4-13)17-9-10-18(25)22(17)12-14-1-5-15(6-2-14)23(26)27/h1-8,17,24H,9-12H2,(H2,20,21). The van der Waals surface area contributed by atoms with E-state index >= 15 is 0 Å². The van der Waals surface area contributed by atoms with Crippen molar-refractivity contribution >= 4 is 17.4 Å². The van der Waals surface area contributed by atoms with Crippen LogP contribution in [0.25, 0.3) is 0 Å². The summed E-state index contributed by atoms with van der Waals surface area (Å²) in [5.41, 5.74) is 1.71. The summed E-state index contributed by atoms with van der Waals surface area (Å²) in [7, 11) is 0. The number of nitrogens with zero attached hydrogens (tertiary/aromatic N) is 2. The number of benzene rings is 2. The summed E-state index contributed by atoms with van der Waals surface area (Å²) >= 11 is 0. The van der Waals surface area contributed by atoms with Gasteiger partial charge in [-0.05, 0) is 29.7 Å². The maximum absolute atomic E-state index is 12.2. The molecule has 0 bridgehead atoms. The Morgan fingerprint density at radius 2 is 1.81 bits per heavy atom. The fraction of sp³-hybridized carbons (Fsp3) is 0.263. The van der Waals surface area contributed by atoms with Crippen LogP contribution in [0.15, 0.2) is 48.5 Å². The summed E-state index contributed by atoms with van der Waals surface area (Å²) in [6, 6.07) is 12.5. The van der Waals surface area contributed by atoms with Gasteiger partial charge in [-0.15, -0.1) is 0 Å². The van der Waals surface area contributed by atoms with E-state index in [-0.39, 0.29) is 29.2 Å². The van der Waals surface area contributed by atoms with Crippen LogP contribution in [-0.4, -0.2) is 32.7 Å². The lowest BCUT2D eigenvalue weighted by molar-refractivity contribution is -0.384. The zero-order valence-corrected chi connectivity index (χ0v) is 14.6. The molecule has 3 N–H and O–H groups in total. The van der Waals surface area contributed by atoms with Crippen LogP contribution in [0.3, 0.4) is 0 Å². The summed E-state index contributed by atoms with van der Waals surface area (Å²) in [4.78, 5) is 24.2. The van der Waals surface area contributed by atoms with E-state index < -0.39 is 4.92 Å². The quantitative estimate of drug-likeness (QED) is 0.313. The minimum atomic E-state index is -0.462. The van der Waals surface area contributed by atoms with Crippen LogP contribution in [0.2, 0.25) is 0 Å². The highest BCUT2D eigenvalue weighted by Crippen LogP contribution is 2.23. The number of rotatable bonds is 6. The molecular formula is C19H20N4O4. The van der Waals surface area contributed by atoms with Gasteiger partial charge in [0, 0.05) is 31.6 Å². The highest BCUT2D eigenvalue weighted by atomic mass is 16.6. The third-order valence-corrected chi connectivity index (χ3v) is 4.58. The smallest absolute Gasteiger partial charge is 0.269 e. The van der Waals surface area contributed by atoms with Crippen molar-refractivity contribution in [1.29, 1.82) is 5.41 Å². The number of nitro groups is 1. The summed E-state index contributed by atoms with van der Waals surface area (Å²) in [6.07, 6.45) is 0.939. The van der Waals surface area contributed by atoms with Gasteiger partial charge in [0.25, 0.3) is 5.69 Å². The molecule has 27 heavy (non-hydrogen) atoms. The second-order valence-electron chi connectivity index (χ2n) is 6.43. The number of nitrogens with one attached hydrogen (secondary N) is 2. The number of aromatic hydroxyl groups is 1. The van der Waals surface area contributed by atoms with E-state index in [4.69, 9.17) is 5.41 Å². The van der Waals surface area contributed by atoms with E-state index in [9.17, 15) is 20.0 Å². The van der Waals surface area contributed by atoms with Gasteiger partial charge in [-0.25, -0.2) is 0 Å². The third kappa shape index (κ3) is 4.41. The molecule has 1 fully saturated rings. The molecular weight excluding hydrogens is 348 g/mol. The molecule has 0 radical (unpaired) electrons. The maximum atomic E-state index is 12.2. The van der Waals surface area contributed by atoms with Gasteiger partial charge in [-0.2, -0.15) is 0 Å². The molecule has 3 rings (SSSR count). The molecule has 0 spiro atoms. The minimum Gasteiger partial charge on any atom is -0.508 e. The Morgan fingerprint density at radius 1 is 1.19 bits per heavy atom. The largest absolute Gasteiger partial charge is 0.508 e. The molecule has 2 aromatic rings. The lowest BCUT2D eigenvalue weighted by atomic mass is 10.1. The molecule has 140 valence electrons. The maximum Gasteiger partial charge on any atom is 0.269 e. The first-order valence-corrected chi connectivity index (χ1v) is 8.57. The predicted molar refractivity (Wildman–Crippen MR) is 99.3 cm³/mol. The number of phenols is 1. The molecule has 1 unspecified atom stereocenters. The third-order valence-electron chi connectivity index (χ3n) is 4.58. The lowest BCUT2D eigenvalue weighted by Gasteiger charge is -2.26. The Bertz CT molecular complexity index is 849. The first kappa shape index (κ1) is 18.4. The number of non-ortho nitro benzene ring substituents is 1. The number of nitro benzene ring substituents is 1. The van der Waals surface area contributed by atoms with Gasteiger partial charge < -0.3 is 15.3 Å². The van der Waals surface area contributed by atoms with Crippen LogP contribution in [0.1, 0.15) is 24.0 Å². The predicted octanol–water partition coefficient (Wildman–Crippen LogP) is 2.56. The van der Waals surface area contributed by atoms with Gasteiger partial charge in [-0.1, -0.05) is 24.3 Å². The zero-order valence-electron chi connectivity index (χ0n) is 14.6. The van der Waals surface area contributed by atoms with Gasteiger partial charge in [0.1, 0.15) is 11.6 Å². The molecule has 0 aliphatic carbocycles. The lowest BCUT2D eigenvalue weighted by Crippen LogP contribution is -2.43. The molecule has 1 aliphatic heterocycles. The topological polar surface area (TPSA) is 120 Å². The molecule has 0 saturated carbocycles. The average molecular weight is 368 g/mol. The van der Waals surface area contributed by atoms with E-state index in [1.165, 1.54) is 12.1 Å². The van der Waals surface area contributed by atoms with Crippen molar-refractivity contribution in [3.63, 3.8) is 0 Å². The number of amides is 1. The number of carbonyl (C=O) groups excluding carboxylic acids is 1. The molecule has 8 heteroatoms. The van der Waals surface area contributed by atoms with Gasteiger partial charge in [0.05, 0.1) is 11.0 Å². The fourth-order valence-corrected chi connectivity index (χ4v) is 3.08. The Labute approximate surface area is 156 Å². The molecule has 1 atom stereocenters. The van der Waals surface area contributed by atoms with E-state index in [0.29, 0.717) is 25.9 Å². The summed E-state index contributed by atoms with van der Waals surface area (Å²) < 4.78 is 0. The van der Waals surface area contributed by atoms with E-state index in [0.717, 1.165) is 11.1 Å². The van der Waals surface area contributed by atoms with Crippen LogP contribution < -0.4 is 5.32 Å². The molecule has 0 aromatic heterocycles. The second-order valence-corrected chi connectivity index (χ2v) is 6.43. The van der Waals surface area contributed by atoms with Gasteiger partial charge in [-0.3, -0.25) is 20.3 Å². The molecule has 8 nitrogen and oxygen atoms in total. The van der Waals surface area contributed by atoms with Gasteiger partial charge >= 0.3 is 0 Å². The van der Waals surface area contributed by atoms with Crippen molar-refractivity contribution in [2.75, 3.05) is 0 Å². The number of phenolic OH excluding ortho intramolecular Hbond substituents is 1. The Kier molecular flexibility index (Phi) is 5.35. The Hall–Kier alpha value is -3.42. The molecule has 1 heterocycles. The Morgan fingerprint density at radius 3 is 2.44 bits per heavy atom. The highest BCUT2D eigenvalue weighted by Gasteiger charge is 2.33. The number of hydrogen-bond acceptors (Lipinski definition) is 5. The number of carbonyl (C=O) groups is 1. The van der Waals surface area contributed by atoms with Crippen LogP contribution >= 0.6 is 0 Å². The SMILES string of the molecule is N=C(NCc1ccc(O)cc1)C1CCC(=O)N1Cc1ccc([N+](=O)[O-])cc1. The monoisotopic (exact) mass is 368 g/mol. The van der Waals surface area contributed by atoms with Crippen molar-refractivity contribution in [3.05, 3.63) is 69.8 Å². The highest BCUT2D eigenvalue weighted by molar-refractivity contribution is 5.92. The van der Waals surface area contributed by atoms with Gasteiger partial charge in [0.15, 0.2) is 0 Å². The van der Waals surface area contributed by atoms with Crippen molar-refractivity contribution < 1.29 is 14.8 Å². The normalized spacial score (nSPS) is 16.4. The molecule has 2 aromatic carbocycles. The zero-order chi connectivity index (χ0) is 19.4. The summed E-state index contributed by atoms with van der Waals surface area (Å²) in [5.74, 6) is 0.412. The van der Waals surface area contributed by atoms with E-state index in [1.807, 2.05) is 0 Å². The molecule has 1 saturated heterocycles. The van der Waals surface area contributed by atoms with Crippen molar-refractivity contribution in [1.82, 2.24) is 10.2 Å². The van der Waals surface area contributed by atoms with Crippen LogP contribution in [0.4, 0.5) is 5.69 Å². The van der Waals surface area contributed by atoms with Crippen molar-refractivity contribution in [2.45, 2.75) is 32.0 Å². The van der Waals surface area contributed by atoms with Crippen LogP contribution in [-0.2, 0) is 17.9 Å². The average Bonchev–Trinajstić information content (AvgIpc) is 3.02. The van der Waals surface area contributed by atoms with Crippen LogP contribution in [0, 0.1) is 15.5 Å².